The van der Waals surface area contributed by atoms with Crippen LogP contribution >= 0.6 is 0 Å². The Morgan fingerprint density at radius 1 is 0.880 bits per heavy atom. The lowest BCUT2D eigenvalue weighted by Gasteiger charge is -2.24. The Kier molecular flexibility index (Phi) is 10.4. The van der Waals surface area contributed by atoms with Gasteiger partial charge in [0.05, 0.1) is 6.54 Å². The van der Waals surface area contributed by atoms with Gasteiger partial charge in [-0.2, -0.15) is 0 Å². The van der Waals surface area contributed by atoms with E-state index >= 15 is 0 Å². The summed E-state index contributed by atoms with van der Waals surface area (Å²) in [7, 11) is 0. The molecular weight excluding hydrogens is 328 g/mol. The molecule has 2 atom stereocenters. The fourth-order valence-corrected chi connectivity index (χ4v) is 2.22. The first-order valence-corrected chi connectivity index (χ1v) is 8.36. The molecule has 0 aromatic carbocycles. The molecule has 0 rings (SSSR count). The summed E-state index contributed by atoms with van der Waals surface area (Å²) in [5, 5.41) is 16.1. The molecule has 9 heteroatoms. The quantitative estimate of drug-likeness (QED) is 0.326. The number of carboxylic acid groups (broad SMARTS) is 1. The van der Waals surface area contributed by atoms with Gasteiger partial charge in [-0.05, 0) is 24.7 Å². The number of aliphatic carboxylic acids is 1. The highest BCUT2D eigenvalue weighted by atomic mass is 16.4. The van der Waals surface area contributed by atoms with Gasteiger partial charge in [-0.25, -0.2) is 0 Å². The Labute approximate surface area is 148 Å². The van der Waals surface area contributed by atoms with E-state index in [1.165, 1.54) is 0 Å². The molecule has 144 valence electrons. The van der Waals surface area contributed by atoms with Gasteiger partial charge in [-0.15, -0.1) is 0 Å². The lowest BCUT2D eigenvalue weighted by atomic mass is 10.00. The fraction of sp³-hybridized carbons (Fsp3) is 0.750. The third-order valence-electron chi connectivity index (χ3n) is 3.30. The van der Waals surface area contributed by atoms with Gasteiger partial charge in [0.1, 0.15) is 18.6 Å². The van der Waals surface area contributed by atoms with Crippen LogP contribution in [0.25, 0.3) is 0 Å². The monoisotopic (exact) mass is 358 g/mol. The van der Waals surface area contributed by atoms with E-state index in [0.717, 1.165) is 0 Å². The molecule has 9 nitrogen and oxygen atoms in total. The van der Waals surface area contributed by atoms with Gasteiger partial charge in [-0.1, -0.05) is 27.7 Å². The van der Waals surface area contributed by atoms with Gasteiger partial charge in [0, 0.05) is 0 Å². The minimum absolute atomic E-state index is 0.100. The Balaban J connectivity index is 5.06. The summed E-state index contributed by atoms with van der Waals surface area (Å²) in [6.45, 7) is 6.80. The molecule has 0 saturated heterocycles. The molecule has 3 amide bonds. The van der Waals surface area contributed by atoms with Crippen molar-refractivity contribution in [2.24, 2.45) is 17.6 Å². The zero-order valence-electron chi connectivity index (χ0n) is 15.3. The molecule has 0 heterocycles. The maximum atomic E-state index is 12.5. The average Bonchev–Trinajstić information content (AvgIpc) is 2.49. The van der Waals surface area contributed by atoms with Crippen LogP contribution in [0.2, 0.25) is 0 Å². The molecule has 25 heavy (non-hydrogen) atoms. The number of hydrogen-bond acceptors (Lipinski definition) is 5. The zero-order valence-corrected chi connectivity index (χ0v) is 15.3. The number of nitrogens with one attached hydrogen (secondary N) is 3. The van der Waals surface area contributed by atoms with Crippen molar-refractivity contribution in [2.75, 3.05) is 13.1 Å². The highest BCUT2D eigenvalue weighted by Gasteiger charge is 2.27. The van der Waals surface area contributed by atoms with Crippen LogP contribution in [0.15, 0.2) is 0 Å². The average molecular weight is 358 g/mol. The summed E-state index contributed by atoms with van der Waals surface area (Å²) in [6.07, 6.45) is 0.735. The fourth-order valence-electron chi connectivity index (χ4n) is 2.22. The summed E-state index contributed by atoms with van der Waals surface area (Å²) in [6, 6.07) is -1.69. The molecule has 0 fully saturated rings. The Morgan fingerprint density at radius 3 is 1.76 bits per heavy atom. The number of carbonyl (C=O) groups is 4. The van der Waals surface area contributed by atoms with Gasteiger partial charge in [0.2, 0.25) is 17.7 Å². The third-order valence-corrected chi connectivity index (χ3v) is 3.30. The standard InChI is InChI=1S/C16H30N4O5/c1-9(2)5-11(15(24)18-8-14(22)23)20-16(25)12(6-10(3)4)19-13(21)7-17/h9-12H,5-8,17H2,1-4H3,(H,18,24)(H,19,21)(H,20,25)(H,22,23)/t11-,12-/m0/s1. The number of amides is 3. The second kappa shape index (κ2) is 11.4. The van der Waals surface area contributed by atoms with Crippen LogP contribution in [0.1, 0.15) is 40.5 Å². The van der Waals surface area contributed by atoms with Crippen LogP contribution in [-0.4, -0.2) is 54.0 Å². The van der Waals surface area contributed by atoms with E-state index in [0.29, 0.717) is 12.8 Å². The first-order chi connectivity index (χ1) is 11.6. The maximum absolute atomic E-state index is 12.5. The van der Waals surface area contributed by atoms with Gasteiger partial charge in [0.25, 0.3) is 0 Å². The van der Waals surface area contributed by atoms with E-state index in [9.17, 15) is 19.2 Å². The molecule has 6 N–H and O–H groups in total. The summed E-state index contributed by atoms with van der Waals surface area (Å²) < 4.78 is 0. The van der Waals surface area contributed by atoms with Crippen LogP contribution in [-0.2, 0) is 19.2 Å². The number of hydrogen-bond donors (Lipinski definition) is 5. The Bertz CT molecular complexity index is 479. The SMILES string of the molecule is CC(C)C[C@H](NC(=O)CN)C(=O)N[C@@H](CC(C)C)C(=O)NCC(=O)O. The zero-order chi connectivity index (χ0) is 19.6. The molecule has 0 unspecified atom stereocenters. The van der Waals surface area contributed by atoms with Crippen LogP contribution in [0.3, 0.4) is 0 Å². The van der Waals surface area contributed by atoms with Crippen molar-refractivity contribution in [1.82, 2.24) is 16.0 Å². The summed E-state index contributed by atoms with van der Waals surface area (Å²) in [4.78, 5) is 46.8. The number of rotatable bonds is 11. The van der Waals surface area contributed by atoms with Crippen LogP contribution < -0.4 is 21.7 Å². The molecule has 0 bridgehead atoms. The van der Waals surface area contributed by atoms with Crippen molar-refractivity contribution < 1.29 is 24.3 Å². The minimum Gasteiger partial charge on any atom is -0.480 e. The van der Waals surface area contributed by atoms with Gasteiger partial charge in [0.15, 0.2) is 0 Å². The molecule has 0 saturated carbocycles. The van der Waals surface area contributed by atoms with Crippen LogP contribution in [0.4, 0.5) is 0 Å². The first-order valence-electron chi connectivity index (χ1n) is 8.36. The van der Waals surface area contributed by atoms with Crippen LogP contribution in [0.5, 0.6) is 0 Å². The second-order valence-electron chi connectivity index (χ2n) is 6.76. The summed E-state index contributed by atoms with van der Waals surface area (Å²) in [5.41, 5.74) is 5.27. The number of carboxylic acids is 1. The predicted molar refractivity (Wildman–Crippen MR) is 92.5 cm³/mol. The van der Waals surface area contributed by atoms with E-state index in [4.69, 9.17) is 10.8 Å². The predicted octanol–water partition coefficient (Wildman–Crippen LogP) is -0.792. The Hall–Kier alpha value is -2.16. The van der Waals surface area contributed by atoms with Crippen molar-refractivity contribution in [3.05, 3.63) is 0 Å². The van der Waals surface area contributed by atoms with Crippen LogP contribution in [0, 0.1) is 11.8 Å². The third kappa shape index (κ3) is 10.3. The van der Waals surface area contributed by atoms with Gasteiger partial charge < -0.3 is 26.8 Å². The molecule has 0 aromatic heterocycles. The molecular formula is C16H30N4O5. The smallest absolute Gasteiger partial charge is 0.322 e. The topological polar surface area (TPSA) is 151 Å². The molecule has 0 aliphatic heterocycles. The maximum Gasteiger partial charge on any atom is 0.322 e. The van der Waals surface area contributed by atoms with Crippen molar-refractivity contribution in [3.63, 3.8) is 0 Å². The van der Waals surface area contributed by atoms with Crippen molar-refractivity contribution in [1.29, 1.82) is 0 Å². The van der Waals surface area contributed by atoms with E-state index in [-0.39, 0.29) is 18.4 Å². The molecule has 0 aromatic rings. The van der Waals surface area contributed by atoms with E-state index in [1.54, 1.807) is 0 Å². The highest BCUT2D eigenvalue weighted by molar-refractivity contribution is 5.93. The van der Waals surface area contributed by atoms with Gasteiger partial charge >= 0.3 is 5.97 Å². The first kappa shape index (κ1) is 22.8. The van der Waals surface area contributed by atoms with E-state index in [1.807, 2.05) is 27.7 Å². The van der Waals surface area contributed by atoms with E-state index < -0.39 is 42.3 Å². The van der Waals surface area contributed by atoms with Crippen molar-refractivity contribution >= 4 is 23.7 Å². The number of carbonyl (C=O) groups excluding carboxylic acids is 3. The molecule has 0 spiro atoms. The molecule has 0 aliphatic carbocycles. The largest absolute Gasteiger partial charge is 0.480 e. The highest BCUT2D eigenvalue weighted by Crippen LogP contribution is 2.08. The number of nitrogens with two attached hydrogens (primary N) is 1. The second-order valence-corrected chi connectivity index (χ2v) is 6.76. The van der Waals surface area contributed by atoms with Crippen molar-refractivity contribution in [3.8, 4) is 0 Å². The minimum atomic E-state index is -1.17. The van der Waals surface area contributed by atoms with Gasteiger partial charge in [-0.3, -0.25) is 19.2 Å². The normalized spacial score (nSPS) is 13.2. The van der Waals surface area contributed by atoms with E-state index in [2.05, 4.69) is 16.0 Å². The summed E-state index contributed by atoms with van der Waals surface area (Å²) >= 11 is 0. The molecule has 0 radical (unpaired) electrons. The molecule has 0 aliphatic rings. The Morgan fingerprint density at radius 2 is 1.36 bits per heavy atom. The summed E-state index contributed by atoms with van der Waals surface area (Å²) in [5.74, 6) is -2.46. The lowest BCUT2D eigenvalue weighted by molar-refractivity contribution is -0.138. The van der Waals surface area contributed by atoms with Crippen molar-refractivity contribution in [2.45, 2.75) is 52.6 Å². The lowest BCUT2D eigenvalue weighted by Crippen LogP contribution is -2.55.